The van der Waals surface area contributed by atoms with Crippen LogP contribution in [0.2, 0.25) is 0 Å². The van der Waals surface area contributed by atoms with Crippen molar-refractivity contribution in [2.75, 3.05) is 11.9 Å². The number of nitrogens with zero attached hydrogens (tertiary/aromatic N) is 1. The largest absolute Gasteiger partial charge is 0.315 e. The molecule has 2 nitrogen and oxygen atoms in total. The van der Waals surface area contributed by atoms with Crippen molar-refractivity contribution in [3.8, 4) is 0 Å². The van der Waals surface area contributed by atoms with Crippen LogP contribution in [-0.2, 0) is 11.2 Å². The van der Waals surface area contributed by atoms with Crippen molar-refractivity contribution in [3.63, 3.8) is 0 Å². The van der Waals surface area contributed by atoms with Crippen LogP contribution in [0.5, 0.6) is 0 Å². The topological polar surface area (TPSA) is 20.3 Å². The second kappa shape index (κ2) is 4.58. The predicted octanol–water partition coefficient (Wildman–Crippen LogP) is 3.68. The van der Waals surface area contributed by atoms with Gasteiger partial charge in [-0.25, -0.2) is 0 Å². The van der Waals surface area contributed by atoms with Gasteiger partial charge in [-0.05, 0) is 36.0 Å². The van der Waals surface area contributed by atoms with Gasteiger partial charge in [0.1, 0.15) is 0 Å². The van der Waals surface area contributed by atoms with Crippen LogP contribution in [0.1, 0.15) is 42.2 Å². The smallest absolute Gasteiger partial charge is 0.231 e. The number of carbonyl (C=O) groups is 1. The monoisotopic (exact) mass is 263 g/mol. The molecule has 96 valence electrons. The third-order valence-corrected chi connectivity index (χ3v) is 4.92. The molecule has 1 aliphatic carbocycles. The molecule has 0 spiro atoms. The number of alkyl halides is 1. The molecule has 0 saturated heterocycles. The summed E-state index contributed by atoms with van der Waals surface area (Å²) in [6.45, 7) is 0. The molecule has 1 aromatic carbocycles. The summed E-state index contributed by atoms with van der Waals surface area (Å²) in [5.41, 5.74) is 3.35. The molecule has 3 heteroatoms. The first-order valence-corrected chi connectivity index (χ1v) is 7.14. The molecule has 1 fully saturated rings. The molecule has 3 rings (SSSR count). The van der Waals surface area contributed by atoms with Crippen LogP contribution in [0.4, 0.5) is 5.69 Å². The Labute approximate surface area is 113 Å². The zero-order valence-electron chi connectivity index (χ0n) is 10.7. The lowest BCUT2D eigenvalue weighted by Crippen LogP contribution is -2.20. The van der Waals surface area contributed by atoms with Gasteiger partial charge in [-0.3, -0.25) is 4.79 Å². The number of benzene rings is 1. The summed E-state index contributed by atoms with van der Waals surface area (Å²) in [4.78, 5) is 13.4. The van der Waals surface area contributed by atoms with E-state index in [0.29, 0.717) is 12.3 Å². The van der Waals surface area contributed by atoms with Crippen LogP contribution in [0.25, 0.3) is 0 Å². The minimum absolute atomic E-state index is 0.110. The number of anilines is 1. The van der Waals surface area contributed by atoms with E-state index in [9.17, 15) is 4.79 Å². The van der Waals surface area contributed by atoms with E-state index >= 15 is 0 Å². The van der Waals surface area contributed by atoms with Gasteiger partial charge in [0.2, 0.25) is 5.91 Å². The number of hydrogen-bond donors (Lipinski definition) is 0. The van der Waals surface area contributed by atoms with Crippen molar-refractivity contribution in [2.24, 2.45) is 5.92 Å². The number of hydrogen-bond acceptors (Lipinski definition) is 1. The van der Waals surface area contributed by atoms with Crippen molar-refractivity contribution >= 4 is 23.2 Å². The quantitative estimate of drug-likeness (QED) is 0.746. The Balaban J connectivity index is 1.87. The Morgan fingerprint density at radius 1 is 1.33 bits per heavy atom. The molecule has 18 heavy (non-hydrogen) atoms. The second-order valence-corrected chi connectivity index (χ2v) is 5.93. The van der Waals surface area contributed by atoms with Crippen LogP contribution in [-0.4, -0.2) is 13.0 Å². The number of amides is 1. The summed E-state index contributed by atoms with van der Waals surface area (Å²) < 4.78 is 0. The van der Waals surface area contributed by atoms with Crippen molar-refractivity contribution in [2.45, 2.75) is 37.5 Å². The van der Waals surface area contributed by atoms with Crippen LogP contribution in [0.3, 0.4) is 0 Å². The van der Waals surface area contributed by atoms with E-state index in [2.05, 4.69) is 12.1 Å². The first-order chi connectivity index (χ1) is 8.66. The molecule has 0 N–H and O–H groups in total. The fourth-order valence-electron chi connectivity index (χ4n) is 3.18. The Bertz CT molecular complexity index is 479. The number of likely N-dealkylation sites (N-methyl/N-ethyl adjacent to an activating group) is 1. The third kappa shape index (κ3) is 1.93. The van der Waals surface area contributed by atoms with Gasteiger partial charge in [-0.15, -0.1) is 11.6 Å². The minimum atomic E-state index is 0.110. The van der Waals surface area contributed by atoms with Gasteiger partial charge in [0.15, 0.2) is 0 Å². The average Bonchev–Trinajstić information content (AvgIpc) is 2.98. The van der Waals surface area contributed by atoms with Gasteiger partial charge in [0, 0.05) is 12.7 Å². The van der Waals surface area contributed by atoms with Gasteiger partial charge in [0.05, 0.1) is 11.8 Å². The van der Waals surface area contributed by atoms with Crippen LogP contribution >= 0.6 is 11.6 Å². The zero-order chi connectivity index (χ0) is 12.7. The summed E-state index contributed by atoms with van der Waals surface area (Å²) in [5, 5.41) is 0.110. The van der Waals surface area contributed by atoms with Crippen molar-refractivity contribution in [1.82, 2.24) is 0 Å². The maximum atomic E-state index is 11.7. The fourth-order valence-corrected chi connectivity index (χ4v) is 3.57. The molecular weight excluding hydrogens is 246 g/mol. The Morgan fingerprint density at radius 3 is 2.78 bits per heavy atom. The predicted molar refractivity (Wildman–Crippen MR) is 74.1 cm³/mol. The fraction of sp³-hybridized carbons (Fsp3) is 0.533. The van der Waals surface area contributed by atoms with Crippen molar-refractivity contribution in [1.29, 1.82) is 0 Å². The van der Waals surface area contributed by atoms with Crippen LogP contribution in [0, 0.1) is 5.92 Å². The molecule has 1 aliphatic heterocycles. The maximum Gasteiger partial charge on any atom is 0.231 e. The molecule has 1 amide bonds. The lowest BCUT2D eigenvalue weighted by atomic mass is 9.95. The lowest BCUT2D eigenvalue weighted by molar-refractivity contribution is -0.117. The highest BCUT2D eigenvalue weighted by atomic mass is 35.5. The van der Waals surface area contributed by atoms with E-state index in [-0.39, 0.29) is 11.3 Å². The Kier molecular flexibility index (Phi) is 3.06. The molecule has 1 aromatic rings. The van der Waals surface area contributed by atoms with Crippen LogP contribution in [0.15, 0.2) is 18.2 Å². The highest BCUT2D eigenvalue weighted by Gasteiger charge is 2.28. The Hall–Kier alpha value is -1.02. The van der Waals surface area contributed by atoms with Gasteiger partial charge in [-0.1, -0.05) is 25.0 Å². The SMILES string of the molecule is CN1C(=O)Cc2cc(C(Cl)C3CCCC3)ccc21. The number of rotatable bonds is 2. The minimum Gasteiger partial charge on any atom is -0.315 e. The van der Waals surface area contributed by atoms with E-state index in [1.807, 2.05) is 13.1 Å². The van der Waals surface area contributed by atoms with E-state index in [1.165, 1.54) is 31.2 Å². The van der Waals surface area contributed by atoms with Crippen molar-refractivity contribution < 1.29 is 4.79 Å². The summed E-state index contributed by atoms with van der Waals surface area (Å²) in [6, 6.07) is 6.26. The average molecular weight is 264 g/mol. The molecule has 0 aromatic heterocycles. The molecule has 1 unspecified atom stereocenters. The maximum absolute atomic E-state index is 11.7. The summed E-state index contributed by atoms with van der Waals surface area (Å²) in [6.07, 6.45) is 5.61. The zero-order valence-corrected chi connectivity index (χ0v) is 11.4. The van der Waals surface area contributed by atoms with Gasteiger partial charge in [0.25, 0.3) is 0 Å². The molecule has 1 saturated carbocycles. The Morgan fingerprint density at radius 2 is 2.06 bits per heavy atom. The lowest BCUT2D eigenvalue weighted by Gasteiger charge is -2.18. The van der Waals surface area contributed by atoms with Gasteiger partial charge < -0.3 is 4.90 Å². The number of halogens is 1. The van der Waals surface area contributed by atoms with E-state index in [0.717, 1.165) is 11.3 Å². The number of carbonyl (C=O) groups excluding carboxylic acids is 1. The van der Waals surface area contributed by atoms with Gasteiger partial charge in [-0.2, -0.15) is 0 Å². The first-order valence-electron chi connectivity index (χ1n) is 6.70. The number of fused-ring (bicyclic) bond motifs is 1. The molecule has 0 bridgehead atoms. The summed E-state index contributed by atoms with van der Waals surface area (Å²) >= 11 is 6.59. The first kappa shape index (κ1) is 12.0. The van der Waals surface area contributed by atoms with E-state index < -0.39 is 0 Å². The molecule has 1 atom stereocenters. The summed E-state index contributed by atoms with van der Waals surface area (Å²) in [5.74, 6) is 0.786. The van der Waals surface area contributed by atoms with E-state index in [4.69, 9.17) is 11.6 Å². The molecule has 2 aliphatic rings. The normalized spacial score (nSPS) is 21.4. The molecule has 1 heterocycles. The molecular formula is C15H18ClNO. The van der Waals surface area contributed by atoms with Crippen LogP contribution < -0.4 is 4.90 Å². The third-order valence-electron chi connectivity index (χ3n) is 4.31. The summed E-state index contributed by atoms with van der Waals surface area (Å²) in [7, 11) is 1.84. The van der Waals surface area contributed by atoms with Crippen molar-refractivity contribution in [3.05, 3.63) is 29.3 Å². The highest BCUT2D eigenvalue weighted by Crippen LogP contribution is 2.41. The highest BCUT2D eigenvalue weighted by molar-refractivity contribution is 6.21. The second-order valence-electron chi connectivity index (χ2n) is 5.46. The molecule has 0 radical (unpaired) electrons. The van der Waals surface area contributed by atoms with E-state index in [1.54, 1.807) is 4.90 Å². The van der Waals surface area contributed by atoms with Gasteiger partial charge >= 0.3 is 0 Å². The standard InChI is InChI=1S/C15H18ClNO/c1-17-13-7-6-11(8-12(13)9-14(17)18)15(16)10-4-2-3-5-10/h6-8,10,15H,2-5,9H2,1H3.